The van der Waals surface area contributed by atoms with Crippen molar-refractivity contribution < 1.29 is 39.5 Å². The first-order valence-electron chi connectivity index (χ1n) is 23.8. The van der Waals surface area contributed by atoms with Gasteiger partial charge in [0.05, 0.1) is 62.4 Å². The number of anilines is 2. The number of aromatic nitrogens is 4. The largest absolute Gasteiger partial charge is 0.379 e. The Labute approximate surface area is 434 Å². The fourth-order valence-electron chi connectivity index (χ4n) is 9.79. The number of sulfonamides is 2. The third-order valence-corrected chi connectivity index (χ3v) is 16.7. The highest BCUT2D eigenvalue weighted by molar-refractivity contribution is 7.88. The lowest BCUT2D eigenvalue weighted by Gasteiger charge is -2.21. The minimum absolute atomic E-state index is 0.0362. The zero-order chi connectivity index (χ0) is 52.7. The van der Waals surface area contributed by atoms with Crippen molar-refractivity contribution in [3.63, 3.8) is 0 Å². The Hall–Kier alpha value is -5.70. The molecule has 4 atom stereocenters. The molecule has 1 amide bonds. The fourth-order valence-corrected chi connectivity index (χ4v) is 11.8. The molecule has 0 bridgehead atoms. The minimum Gasteiger partial charge on any atom is -0.379 e. The average Bonchev–Trinajstić information content (AvgIpc) is 4.18. The van der Waals surface area contributed by atoms with E-state index < -0.39 is 37.6 Å². The number of fused-ring (bicyclic) bond motifs is 1. The molecule has 0 spiro atoms. The zero-order valence-corrected chi connectivity index (χ0v) is 44.9. The van der Waals surface area contributed by atoms with Gasteiger partial charge in [-0.3, -0.25) is 4.79 Å². The van der Waals surface area contributed by atoms with E-state index in [0.717, 1.165) is 61.8 Å². The SMILES string of the molecule is Cc1noc(C)c1-c1ccc(N[C@H]2CCN(S(C)(=O)=O)C2)c(NC(=O)[C@@H](C)Cc2ccc(Cl)c(F)c2)c1.Cc1noc(C)c1-c1ccc2c(c1)nc([C@@H](C)Cc1ccc(Cl)c(F)c1)n2[C@H]1CCN(S(C)(=O)=O)C1. The van der Waals surface area contributed by atoms with Crippen LogP contribution in [0.1, 0.15) is 78.5 Å². The molecule has 73 heavy (non-hydrogen) atoms. The number of hydrogen-bond acceptors (Lipinski definition) is 11. The summed E-state index contributed by atoms with van der Waals surface area (Å²) >= 11 is 11.7. The maximum absolute atomic E-state index is 14.1. The molecule has 2 aliphatic heterocycles. The van der Waals surface area contributed by atoms with Crippen molar-refractivity contribution >= 4 is 71.6 Å². The van der Waals surface area contributed by atoms with Crippen LogP contribution in [0.4, 0.5) is 20.2 Å². The number of benzene rings is 4. The second-order valence-corrected chi connectivity index (χ2v) is 24.0. The fraction of sp³-hybridized carbons (Fsp3) is 0.385. The Morgan fingerprint density at radius 2 is 1.27 bits per heavy atom. The summed E-state index contributed by atoms with van der Waals surface area (Å²) in [4.78, 5) is 18.2. The van der Waals surface area contributed by atoms with Crippen LogP contribution in [-0.4, -0.2) is 96.0 Å². The van der Waals surface area contributed by atoms with Crippen LogP contribution in [-0.2, 0) is 37.7 Å². The van der Waals surface area contributed by atoms with E-state index in [9.17, 15) is 30.4 Å². The minimum atomic E-state index is -3.29. The molecule has 3 aromatic heterocycles. The van der Waals surface area contributed by atoms with Crippen LogP contribution in [0.2, 0.25) is 10.0 Å². The van der Waals surface area contributed by atoms with Crippen molar-refractivity contribution in [2.24, 2.45) is 5.92 Å². The third-order valence-electron chi connectivity index (χ3n) is 13.5. The number of nitrogens with zero attached hydrogens (tertiary/aromatic N) is 6. The number of amides is 1. The van der Waals surface area contributed by atoms with Crippen LogP contribution < -0.4 is 10.6 Å². The number of carbonyl (C=O) groups is 1. The van der Waals surface area contributed by atoms with Gasteiger partial charge >= 0.3 is 0 Å². The van der Waals surface area contributed by atoms with Gasteiger partial charge in [-0.1, -0.05) is 71.6 Å². The van der Waals surface area contributed by atoms with E-state index >= 15 is 0 Å². The molecule has 7 aromatic rings. The Morgan fingerprint density at radius 3 is 1.81 bits per heavy atom. The number of carbonyl (C=O) groups excluding carboxylic acids is 1. The van der Waals surface area contributed by atoms with Gasteiger partial charge in [-0.15, -0.1) is 0 Å². The van der Waals surface area contributed by atoms with Crippen molar-refractivity contribution in [2.75, 3.05) is 49.3 Å². The van der Waals surface area contributed by atoms with E-state index in [4.69, 9.17) is 37.2 Å². The number of nitrogens with one attached hydrogen (secondary N) is 2. The topological polar surface area (TPSA) is 186 Å². The molecular weight excluding hydrogens is 1020 g/mol. The molecule has 2 N–H and O–H groups in total. The van der Waals surface area contributed by atoms with E-state index in [1.165, 1.54) is 39.3 Å². The summed E-state index contributed by atoms with van der Waals surface area (Å²) in [6.07, 6.45) is 4.68. The van der Waals surface area contributed by atoms with Gasteiger partial charge in [0.2, 0.25) is 26.0 Å². The summed E-state index contributed by atoms with van der Waals surface area (Å²) in [5.41, 5.74) is 9.59. The highest BCUT2D eigenvalue weighted by Crippen LogP contribution is 2.38. The molecule has 4 aromatic carbocycles. The van der Waals surface area contributed by atoms with Gasteiger partial charge < -0.3 is 24.2 Å². The van der Waals surface area contributed by atoms with Gasteiger partial charge in [-0.2, -0.15) is 0 Å². The lowest BCUT2D eigenvalue weighted by molar-refractivity contribution is -0.119. The second-order valence-electron chi connectivity index (χ2n) is 19.2. The first-order chi connectivity index (χ1) is 34.4. The molecular formula is C52H58Cl2F2N8O7S2. The molecule has 0 radical (unpaired) electrons. The molecule has 388 valence electrons. The number of halogens is 4. The van der Waals surface area contributed by atoms with Gasteiger partial charge in [0.15, 0.2) is 0 Å². The molecule has 2 aliphatic rings. The Balaban J connectivity index is 0.000000195. The summed E-state index contributed by atoms with van der Waals surface area (Å²) in [6, 6.07) is 20.9. The molecule has 2 fully saturated rings. The quantitative estimate of drug-likeness (QED) is 0.106. The van der Waals surface area contributed by atoms with Crippen LogP contribution in [0.25, 0.3) is 33.3 Å². The lowest BCUT2D eigenvalue weighted by Crippen LogP contribution is -2.31. The molecule has 15 nitrogen and oxygen atoms in total. The predicted molar refractivity (Wildman–Crippen MR) is 281 cm³/mol. The molecule has 2 saturated heterocycles. The van der Waals surface area contributed by atoms with E-state index in [1.54, 1.807) is 19.1 Å². The zero-order valence-electron chi connectivity index (χ0n) is 41.8. The first-order valence-corrected chi connectivity index (χ1v) is 28.3. The summed E-state index contributed by atoms with van der Waals surface area (Å²) in [7, 11) is -6.57. The lowest BCUT2D eigenvalue weighted by atomic mass is 9.99. The maximum atomic E-state index is 14.1. The number of hydrogen-bond donors (Lipinski definition) is 2. The van der Waals surface area contributed by atoms with Crippen molar-refractivity contribution in [1.29, 1.82) is 0 Å². The van der Waals surface area contributed by atoms with Gasteiger partial charge in [-0.05, 0) is 124 Å². The van der Waals surface area contributed by atoms with Gasteiger partial charge in [0.1, 0.15) is 29.0 Å². The van der Waals surface area contributed by atoms with Crippen molar-refractivity contribution in [1.82, 2.24) is 28.5 Å². The van der Waals surface area contributed by atoms with Crippen LogP contribution in [0.3, 0.4) is 0 Å². The molecule has 0 unspecified atom stereocenters. The Morgan fingerprint density at radius 1 is 0.726 bits per heavy atom. The highest BCUT2D eigenvalue weighted by atomic mass is 35.5. The molecule has 5 heterocycles. The molecule has 21 heteroatoms. The average molecular weight is 1080 g/mol. The summed E-state index contributed by atoms with van der Waals surface area (Å²) in [5, 5.41) is 14.6. The van der Waals surface area contributed by atoms with Crippen molar-refractivity contribution in [3.05, 3.63) is 134 Å². The number of rotatable bonds is 14. The highest BCUT2D eigenvalue weighted by Gasteiger charge is 2.34. The van der Waals surface area contributed by atoms with Crippen LogP contribution in [0, 0.1) is 45.2 Å². The number of imidazole rings is 1. The van der Waals surface area contributed by atoms with E-state index in [2.05, 4.69) is 32.4 Å². The van der Waals surface area contributed by atoms with Gasteiger partial charge in [0, 0.05) is 55.2 Å². The van der Waals surface area contributed by atoms with Crippen LogP contribution >= 0.6 is 23.2 Å². The summed E-state index contributed by atoms with van der Waals surface area (Å²) < 4.78 is 92.1. The predicted octanol–water partition coefficient (Wildman–Crippen LogP) is 10.7. The molecule has 0 saturated carbocycles. The number of aryl methyl sites for hydroxylation is 4. The first kappa shape index (κ1) is 53.6. The summed E-state index contributed by atoms with van der Waals surface area (Å²) in [6.45, 7) is 12.9. The Bertz CT molecular complexity index is 3400. The van der Waals surface area contributed by atoms with Gasteiger partial charge in [-0.25, -0.2) is 39.2 Å². The standard InChI is InChI=1S/C26H30ClFN4O4S.C26H28ClFN4O3S/c1-15(11-18-5-7-21(27)22(28)12-18)26(33)30-24-13-19(25-16(2)31-36-17(25)3)6-8-23(24)29-20-9-10-32(14-20)37(4,34)35;1-15(11-18-5-7-21(27)22(28)12-18)26-29-23-13-19(25-16(2)30-35-17(25)3)6-8-24(23)32(26)20-9-10-31(14-20)36(4,33)34/h5-8,12-13,15,20,29H,9-11,14H2,1-4H3,(H,30,33);5-8,12-13,15,20H,9-11,14H2,1-4H3/t2*15-,20-/m00/s1. The van der Waals surface area contributed by atoms with E-state index in [0.29, 0.717) is 74.6 Å². The summed E-state index contributed by atoms with van der Waals surface area (Å²) in [5.74, 6) is 0.535. The van der Waals surface area contributed by atoms with Gasteiger partial charge in [0.25, 0.3) is 0 Å². The van der Waals surface area contributed by atoms with E-state index in [-0.39, 0.29) is 34.0 Å². The maximum Gasteiger partial charge on any atom is 0.227 e. The monoisotopic (exact) mass is 1080 g/mol. The van der Waals surface area contributed by atoms with E-state index in [1.807, 2.05) is 70.2 Å². The van der Waals surface area contributed by atoms with Crippen molar-refractivity contribution in [3.8, 4) is 22.3 Å². The molecule has 0 aliphatic carbocycles. The second kappa shape index (κ2) is 21.6. The smallest absolute Gasteiger partial charge is 0.227 e. The Kier molecular flexibility index (Phi) is 15.9. The van der Waals surface area contributed by atoms with Crippen molar-refractivity contribution in [2.45, 2.75) is 85.2 Å². The van der Waals surface area contributed by atoms with Crippen LogP contribution in [0.15, 0.2) is 81.8 Å². The third kappa shape index (κ3) is 12.1. The molecule has 9 rings (SSSR count). The van der Waals surface area contributed by atoms with Crippen LogP contribution in [0.5, 0.6) is 0 Å². The normalized spacial score (nSPS) is 17.4.